The fourth-order valence-electron chi connectivity index (χ4n) is 0.689. The summed E-state index contributed by atoms with van der Waals surface area (Å²) >= 11 is 1.71. The summed E-state index contributed by atoms with van der Waals surface area (Å²) in [6.07, 6.45) is 2.97. The van der Waals surface area contributed by atoms with Crippen LogP contribution in [0.5, 0.6) is 0 Å². The minimum Gasteiger partial charge on any atom is -0.231 e. The highest BCUT2D eigenvalue weighted by molar-refractivity contribution is 7.99. The molecule has 0 bridgehead atoms. The maximum atomic E-state index is 4.26. The van der Waals surface area contributed by atoms with Gasteiger partial charge in [-0.1, -0.05) is 18.7 Å². The molecule has 2 nitrogen and oxygen atoms in total. The molecule has 0 aliphatic heterocycles. The minimum absolute atomic E-state index is 0.895. The number of hydrogen-bond acceptors (Lipinski definition) is 3. The zero-order chi connectivity index (χ0) is 8.10. The maximum Gasteiger partial charge on any atom is 0.187 e. The molecule has 0 N–H and O–H groups in total. The third-order valence-corrected chi connectivity index (χ3v) is 2.28. The van der Waals surface area contributed by atoms with Gasteiger partial charge in [-0.05, 0) is 19.4 Å². The van der Waals surface area contributed by atoms with Crippen molar-refractivity contribution in [2.45, 2.75) is 25.4 Å². The van der Waals surface area contributed by atoms with Crippen molar-refractivity contribution in [1.29, 1.82) is 0 Å². The normalized spacial score (nSPS) is 10.0. The summed E-state index contributed by atoms with van der Waals surface area (Å²) < 4.78 is 0. The Bertz CT molecular complexity index is 225. The van der Waals surface area contributed by atoms with Gasteiger partial charge in [-0.15, -0.1) is 0 Å². The van der Waals surface area contributed by atoms with Gasteiger partial charge in [0, 0.05) is 17.6 Å². The van der Waals surface area contributed by atoms with Crippen LogP contribution in [0.1, 0.15) is 19.0 Å². The monoisotopic (exact) mass is 168 g/mol. The highest BCUT2D eigenvalue weighted by Gasteiger charge is 1.94. The highest BCUT2D eigenvalue weighted by Crippen LogP contribution is 2.12. The third-order valence-electron chi connectivity index (χ3n) is 1.21. The molecule has 0 amide bonds. The number of aryl methyl sites for hydroxylation is 1. The van der Waals surface area contributed by atoms with Crippen LogP contribution >= 0.6 is 11.8 Å². The fourth-order valence-corrected chi connectivity index (χ4v) is 1.42. The largest absolute Gasteiger partial charge is 0.231 e. The van der Waals surface area contributed by atoms with Gasteiger partial charge in [0.1, 0.15) is 0 Å². The van der Waals surface area contributed by atoms with Crippen molar-refractivity contribution in [2.24, 2.45) is 0 Å². The molecule has 1 aromatic heterocycles. The lowest BCUT2D eigenvalue weighted by Gasteiger charge is -1.97. The van der Waals surface area contributed by atoms with Crippen LogP contribution in [-0.2, 0) is 0 Å². The molecule has 0 aliphatic rings. The van der Waals surface area contributed by atoms with Gasteiger partial charge in [-0.2, -0.15) is 0 Å². The predicted molar refractivity (Wildman–Crippen MR) is 47.8 cm³/mol. The zero-order valence-corrected chi connectivity index (χ0v) is 7.69. The summed E-state index contributed by atoms with van der Waals surface area (Å²) in [6, 6.07) is 1.91. The topological polar surface area (TPSA) is 25.8 Å². The van der Waals surface area contributed by atoms with Gasteiger partial charge in [0.2, 0.25) is 0 Å². The molecule has 0 aliphatic carbocycles. The molecule has 11 heavy (non-hydrogen) atoms. The van der Waals surface area contributed by atoms with E-state index in [1.165, 1.54) is 6.42 Å². The van der Waals surface area contributed by atoms with E-state index in [4.69, 9.17) is 0 Å². The number of hydrogen-bond donors (Lipinski definition) is 0. The molecule has 0 spiro atoms. The van der Waals surface area contributed by atoms with Crippen molar-refractivity contribution in [3.63, 3.8) is 0 Å². The fraction of sp³-hybridized carbons (Fsp3) is 0.500. The van der Waals surface area contributed by atoms with E-state index in [2.05, 4.69) is 16.9 Å². The second-order valence-electron chi connectivity index (χ2n) is 2.33. The van der Waals surface area contributed by atoms with Gasteiger partial charge < -0.3 is 0 Å². The van der Waals surface area contributed by atoms with E-state index in [1.807, 2.05) is 13.0 Å². The molecule has 0 radical (unpaired) electrons. The van der Waals surface area contributed by atoms with Crippen molar-refractivity contribution >= 4 is 11.8 Å². The number of aromatic nitrogens is 2. The van der Waals surface area contributed by atoms with Crippen molar-refractivity contribution in [3.8, 4) is 0 Å². The quantitative estimate of drug-likeness (QED) is 0.511. The summed E-state index contributed by atoms with van der Waals surface area (Å²) in [7, 11) is 0. The second-order valence-corrected chi connectivity index (χ2v) is 3.39. The van der Waals surface area contributed by atoms with Crippen molar-refractivity contribution < 1.29 is 0 Å². The van der Waals surface area contributed by atoms with E-state index in [0.29, 0.717) is 0 Å². The molecule has 0 saturated heterocycles. The van der Waals surface area contributed by atoms with E-state index < -0.39 is 0 Å². The van der Waals surface area contributed by atoms with Crippen LogP contribution in [0.4, 0.5) is 0 Å². The van der Waals surface area contributed by atoms with Crippen LogP contribution in [0.3, 0.4) is 0 Å². The van der Waals surface area contributed by atoms with Gasteiger partial charge in [0.15, 0.2) is 5.16 Å². The number of nitrogens with zero attached hydrogens (tertiary/aromatic N) is 2. The van der Waals surface area contributed by atoms with E-state index >= 15 is 0 Å². The Morgan fingerprint density at radius 1 is 1.55 bits per heavy atom. The molecular formula is C8H12N2S. The lowest BCUT2D eigenvalue weighted by molar-refractivity contribution is 0.928. The first kappa shape index (κ1) is 8.53. The Kier molecular flexibility index (Phi) is 3.36. The van der Waals surface area contributed by atoms with E-state index in [1.54, 1.807) is 18.0 Å². The Morgan fingerprint density at radius 3 is 3.00 bits per heavy atom. The van der Waals surface area contributed by atoms with Gasteiger partial charge >= 0.3 is 0 Å². The highest BCUT2D eigenvalue weighted by atomic mass is 32.2. The van der Waals surface area contributed by atoms with E-state index in [-0.39, 0.29) is 0 Å². The lowest BCUT2D eigenvalue weighted by atomic mass is 10.5. The minimum atomic E-state index is 0.895. The molecule has 0 atom stereocenters. The van der Waals surface area contributed by atoms with Crippen molar-refractivity contribution in [1.82, 2.24) is 9.97 Å². The van der Waals surface area contributed by atoms with Gasteiger partial charge in [-0.3, -0.25) is 0 Å². The summed E-state index contributed by atoms with van der Waals surface area (Å²) in [6.45, 7) is 4.14. The Morgan fingerprint density at radius 2 is 2.36 bits per heavy atom. The molecule has 0 fully saturated rings. The molecule has 1 aromatic rings. The van der Waals surface area contributed by atoms with Gasteiger partial charge in [0.05, 0.1) is 0 Å². The average Bonchev–Trinajstić information content (AvgIpc) is 2.01. The molecule has 0 unspecified atom stereocenters. The molecule has 0 aromatic carbocycles. The maximum absolute atomic E-state index is 4.26. The SMILES string of the molecule is CCCSc1nccc(C)n1. The average molecular weight is 168 g/mol. The van der Waals surface area contributed by atoms with Crippen LogP contribution in [0.2, 0.25) is 0 Å². The van der Waals surface area contributed by atoms with E-state index in [0.717, 1.165) is 16.6 Å². The zero-order valence-electron chi connectivity index (χ0n) is 6.87. The van der Waals surface area contributed by atoms with E-state index in [9.17, 15) is 0 Å². The molecule has 60 valence electrons. The van der Waals surface area contributed by atoms with Crippen molar-refractivity contribution in [3.05, 3.63) is 18.0 Å². The first-order valence-corrected chi connectivity index (χ1v) is 4.74. The molecule has 1 heterocycles. The molecule has 1 rings (SSSR count). The summed E-state index contributed by atoms with van der Waals surface area (Å²) in [5.41, 5.74) is 1.04. The molecule has 0 saturated carbocycles. The summed E-state index contributed by atoms with van der Waals surface area (Å²) in [5.74, 6) is 1.10. The smallest absolute Gasteiger partial charge is 0.187 e. The Hall–Kier alpha value is -0.570. The summed E-state index contributed by atoms with van der Waals surface area (Å²) in [4.78, 5) is 8.39. The van der Waals surface area contributed by atoms with Crippen LogP contribution in [0, 0.1) is 6.92 Å². The van der Waals surface area contributed by atoms with Gasteiger partial charge in [-0.25, -0.2) is 9.97 Å². The predicted octanol–water partition coefficient (Wildman–Crippen LogP) is 2.29. The van der Waals surface area contributed by atoms with Crippen LogP contribution in [0.15, 0.2) is 17.4 Å². The van der Waals surface area contributed by atoms with Crippen LogP contribution in [-0.4, -0.2) is 15.7 Å². The number of thioether (sulfide) groups is 1. The standard InChI is InChI=1S/C8H12N2S/c1-3-6-11-8-9-5-4-7(2)10-8/h4-5H,3,6H2,1-2H3. The second kappa shape index (κ2) is 4.34. The third kappa shape index (κ3) is 2.89. The first-order valence-electron chi connectivity index (χ1n) is 3.75. The Labute approximate surface area is 71.5 Å². The number of rotatable bonds is 3. The molecular weight excluding hydrogens is 156 g/mol. The lowest BCUT2D eigenvalue weighted by Crippen LogP contribution is -1.88. The first-order chi connectivity index (χ1) is 5.33. The van der Waals surface area contributed by atoms with Crippen LogP contribution in [0.25, 0.3) is 0 Å². The molecule has 3 heteroatoms. The van der Waals surface area contributed by atoms with Crippen molar-refractivity contribution in [2.75, 3.05) is 5.75 Å². The van der Waals surface area contributed by atoms with Gasteiger partial charge in [0.25, 0.3) is 0 Å². The summed E-state index contributed by atoms with van der Waals surface area (Å²) in [5, 5.41) is 0.895. The van der Waals surface area contributed by atoms with Crippen LogP contribution < -0.4 is 0 Å². The Balaban J connectivity index is 2.56.